The van der Waals surface area contributed by atoms with Crippen LogP contribution in [0.4, 0.5) is 5.95 Å². The zero-order valence-electron chi connectivity index (χ0n) is 12.4. The molecule has 2 fully saturated rings. The van der Waals surface area contributed by atoms with Crippen molar-refractivity contribution >= 4 is 11.9 Å². The summed E-state index contributed by atoms with van der Waals surface area (Å²) in [6, 6.07) is 0. The summed E-state index contributed by atoms with van der Waals surface area (Å²) >= 11 is 0. The van der Waals surface area contributed by atoms with Gasteiger partial charge in [-0.05, 0) is 36.0 Å². The van der Waals surface area contributed by atoms with Crippen LogP contribution in [-0.2, 0) is 16.1 Å². The van der Waals surface area contributed by atoms with E-state index in [1.165, 1.54) is 32.0 Å². The fourth-order valence-corrected chi connectivity index (χ4v) is 3.74. The Morgan fingerprint density at radius 3 is 2.82 bits per heavy atom. The topological polar surface area (TPSA) is 100 Å². The highest BCUT2D eigenvalue weighted by Crippen LogP contribution is 2.41. The molecule has 0 aromatic carbocycles. The SMILES string of the molecule is O=C(Cn1cnc([N+](=O)[O-])n1)OC1CCC2CCCCC2C1. The van der Waals surface area contributed by atoms with Gasteiger partial charge in [0.25, 0.3) is 0 Å². The maximum atomic E-state index is 11.9. The third-order valence-corrected chi connectivity index (χ3v) is 4.77. The number of ether oxygens (including phenoxy) is 1. The average Bonchev–Trinajstić information content (AvgIpc) is 2.95. The summed E-state index contributed by atoms with van der Waals surface area (Å²) < 4.78 is 6.66. The van der Waals surface area contributed by atoms with Crippen LogP contribution >= 0.6 is 0 Å². The molecule has 0 amide bonds. The molecule has 3 rings (SSSR count). The molecule has 2 saturated carbocycles. The van der Waals surface area contributed by atoms with Crippen molar-refractivity contribution in [2.75, 3.05) is 0 Å². The van der Waals surface area contributed by atoms with Crippen LogP contribution in [0.25, 0.3) is 0 Å². The van der Waals surface area contributed by atoms with E-state index in [1.54, 1.807) is 0 Å². The molecule has 0 spiro atoms. The monoisotopic (exact) mass is 308 g/mol. The molecule has 2 aliphatic carbocycles. The number of fused-ring (bicyclic) bond motifs is 1. The molecule has 0 aliphatic heterocycles. The number of nitrogens with zero attached hydrogens (tertiary/aromatic N) is 4. The summed E-state index contributed by atoms with van der Waals surface area (Å²) in [5.41, 5.74) is 0. The van der Waals surface area contributed by atoms with Gasteiger partial charge in [0.05, 0.1) is 0 Å². The molecule has 3 unspecified atom stereocenters. The van der Waals surface area contributed by atoms with Gasteiger partial charge in [0.1, 0.15) is 6.10 Å². The van der Waals surface area contributed by atoms with Crippen LogP contribution in [-0.4, -0.2) is 31.8 Å². The van der Waals surface area contributed by atoms with Crippen molar-refractivity contribution in [3.63, 3.8) is 0 Å². The van der Waals surface area contributed by atoms with Crippen molar-refractivity contribution in [3.8, 4) is 0 Å². The Labute approximate surface area is 128 Å². The lowest BCUT2D eigenvalue weighted by molar-refractivity contribution is -0.394. The lowest BCUT2D eigenvalue weighted by Gasteiger charge is -2.38. The molecule has 8 nitrogen and oxygen atoms in total. The number of nitro groups is 1. The van der Waals surface area contributed by atoms with Gasteiger partial charge in [-0.1, -0.05) is 30.7 Å². The van der Waals surface area contributed by atoms with Gasteiger partial charge in [-0.2, -0.15) is 4.68 Å². The average molecular weight is 308 g/mol. The second-order valence-electron chi connectivity index (χ2n) is 6.23. The van der Waals surface area contributed by atoms with Gasteiger partial charge < -0.3 is 14.9 Å². The number of hydrogen-bond donors (Lipinski definition) is 0. The fourth-order valence-electron chi connectivity index (χ4n) is 3.74. The lowest BCUT2D eigenvalue weighted by Crippen LogP contribution is -2.33. The maximum Gasteiger partial charge on any atom is 0.490 e. The van der Waals surface area contributed by atoms with Crippen LogP contribution in [0, 0.1) is 22.0 Å². The fraction of sp³-hybridized carbons (Fsp3) is 0.786. The van der Waals surface area contributed by atoms with E-state index in [9.17, 15) is 14.9 Å². The highest BCUT2D eigenvalue weighted by Gasteiger charge is 2.33. The molecule has 1 aromatic heterocycles. The van der Waals surface area contributed by atoms with E-state index in [1.807, 2.05) is 0 Å². The molecule has 0 N–H and O–H groups in total. The number of carbonyl (C=O) groups excluding carboxylic acids is 1. The third-order valence-electron chi connectivity index (χ3n) is 4.77. The van der Waals surface area contributed by atoms with Gasteiger partial charge in [0.15, 0.2) is 6.54 Å². The standard InChI is InChI=1S/C14H20N4O4/c19-13(8-17-9-15-14(16-17)18(20)21)22-12-6-5-10-3-1-2-4-11(10)7-12/h9-12H,1-8H2. The smallest absolute Gasteiger partial charge is 0.461 e. The Hall–Kier alpha value is -1.99. The minimum atomic E-state index is -0.688. The highest BCUT2D eigenvalue weighted by molar-refractivity contribution is 5.69. The number of esters is 1. The van der Waals surface area contributed by atoms with Gasteiger partial charge in [-0.3, -0.25) is 0 Å². The molecule has 0 saturated heterocycles. The quantitative estimate of drug-likeness (QED) is 0.479. The molecule has 3 atom stereocenters. The molecule has 8 heteroatoms. The summed E-state index contributed by atoms with van der Waals surface area (Å²) in [6.07, 6.45) is 9.33. The first-order valence-electron chi connectivity index (χ1n) is 7.85. The molecule has 0 bridgehead atoms. The second kappa shape index (κ2) is 6.41. The number of carbonyl (C=O) groups is 1. The van der Waals surface area contributed by atoms with E-state index in [0.29, 0.717) is 5.92 Å². The van der Waals surface area contributed by atoms with Crippen LogP contribution in [0.3, 0.4) is 0 Å². The van der Waals surface area contributed by atoms with Gasteiger partial charge in [-0.15, -0.1) is 0 Å². The molecule has 1 heterocycles. The van der Waals surface area contributed by atoms with Gasteiger partial charge in [0.2, 0.25) is 6.33 Å². The summed E-state index contributed by atoms with van der Waals surface area (Å²) in [7, 11) is 0. The predicted octanol–water partition coefficient (Wildman–Crippen LogP) is 2.09. The number of hydrogen-bond acceptors (Lipinski definition) is 6. The Morgan fingerprint density at radius 1 is 1.32 bits per heavy atom. The highest BCUT2D eigenvalue weighted by atomic mass is 16.6. The van der Waals surface area contributed by atoms with Crippen LogP contribution in [0.2, 0.25) is 0 Å². The Morgan fingerprint density at radius 2 is 2.09 bits per heavy atom. The van der Waals surface area contributed by atoms with Crippen molar-refractivity contribution < 1.29 is 14.5 Å². The lowest BCUT2D eigenvalue weighted by atomic mass is 9.70. The Kier molecular flexibility index (Phi) is 4.35. The third kappa shape index (κ3) is 3.42. The van der Waals surface area contributed by atoms with Gasteiger partial charge >= 0.3 is 11.9 Å². The van der Waals surface area contributed by atoms with Crippen LogP contribution in [0.15, 0.2) is 6.33 Å². The van der Waals surface area contributed by atoms with Crippen molar-refractivity contribution in [1.82, 2.24) is 14.8 Å². The van der Waals surface area contributed by atoms with Crippen molar-refractivity contribution in [2.24, 2.45) is 11.8 Å². The minimum absolute atomic E-state index is 0.0228. The van der Waals surface area contributed by atoms with E-state index in [0.717, 1.165) is 29.9 Å². The van der Waals surface area contributed by atoms with Crippen molar-refractivity contribution in [1.29, 1.82) is 0 Å². The van der Waals surface area contributed by atoms with Gasteiger partial charge in [-0.25, -0.2) is 4.79 Å². The second-order valence-corrected chi connectivity index (χ2v) is 6.23. The first-order valence-corrected chi connectivity index (χ1v) is 7.85. The van der Waals surface area contributed by atoms with Gasteiger partial charge in [0, 0.05) is 5.10 Å². The van der Waals surface area contributed by atoms with E-state index >= 15 is 0 Å². The molecule has 0 radical (unpaired) electrons. The van der Waals surface area contributed by atoms with Crippen LogP contribution in [0.1, 0.15) is 44.9 Å². The molecule has 120 valence electrons. The Balaban J connectivity index is 1.50. The summed E-state index contributed by atoms with van der Waals surface area (Å²) in [6.45, 7) is -0.133. The zero-order valence-corrected chi connectivity index (χ0v) is 12.4. The van der Waals surface area contributed by atoms with Crippen molar-refractivity contribution in [2.45, 2.75) is 57.6 Å². The normalized spacial score (nSPS) is 27.9. The molecule has 1 aromatic rings. The number of rotatable bonds is 4. The first-order chi connectivity index (χ1) is 10.6. The Bertz CT molecular complexity index is 559. The van der Waals surface area contributed by atoms with Crippen LogP contribution < -0.4 is 0 Å². The summed E-state index contributed by atoms with van der Waals surface area (Å²) in [5.74, 6) is 0.587. The predicted molar refractivity (Wildman–Crippen MR) is 75.9 cm³/mol. The summed E-state index contributed by atoms with van der Waals surface area (Å²) in [5, 5.41) is 14.1. The largest absolute Gasteiger partial charge is 0.490 e. The molecular weight excluding hydrogens is 288 g/mol. The van der Waals surface area contributed by atoms with Crippen LogP contribution in [0.5, 0.6) is 0 Å². The van der Waals surface area contributed by atoms with E-state index in [4.69, 9.17) is 4.74 Å². The molecular formula is C14H20N4O4. The first kappa shape index (κ1) is 14.9. The van der Waals surface area contributed by atoms with E-state index in [-0.39, 0.29) is 12.6 Å². The summed E-state index contributed by atoms with van der Waals surface area (Å²) in [4.78, 5) is 25.3. The number of aromatic nitrogens is 3. The zero-order chi connectivity index (χ0) is 15.5. The maximum absolute atomic E-state index is 11.9. The minimum Gasteiger partial charge on any atom is -0.461 e. The van der Waals surface area contributed by atoms with E-state index in [2.05, 4.69) is 10.1 Å². The van der Waals surface area contributed by atoms with E-state index < -0.39 is 16.8 Å². The van der Waals surface area contributed by atoms with Crippen molar-refractivity contribution in [3.05, 3.63) is 16.4 Å². The molecule has 2 aliphatic rings. The molecule has 22 heavy (non-hydrogen) atoms.